The van der Waals surface area contributed by atoms with Gasteiger partial charge in [-0.25, -0.2) is 0 Å². The molecule has 0 aliphatic heterocycles. The summed E-state index contributed by atoms with van der Waals surface area (Å²) in [6.45, 7) is 12.3. The Labute approximate surface area is 187 Å². The second kappa shape index (κ2) is 10.5. The number of aryl methyl sites for hydroxylation is 2. The maximum atomic E-state index is 13.1. The summed E-state index contributed by atoms with van der Waals surface area (Å²) >= 11 is 0. The number of carbonyl (C=O) groups excluding carboxylic acids is 1. The predicted molar refractivity (Wildman–Crippen MR) is 128 cm³/mol. The molecule has 1 unspecified atom stereocenters. The molecule has 0 bridgehead atoms. The van der Waals surface area contributed by atoms with Crippen molar-refractivity contribution in [2.24, 2.45) is 0 Å². The molecule has 0 heterocycles. The molecule has 0 saturated heterocycles. The number of nitrogens with zero attached hydrogens (tertiary/aromatic N) is 1. The molecule has 0 radical (unpaired) electrons. The number of aromatic hydroxyl groups is 1. The number of hydrogen-bond donors (Lipinski definition) is 2. The smallest absolute Gasteiger partial charge is 0.224 e. The van der Waals surface area contributed by atoms with Gasteiger partial charge in [0.15, 0.2) is 0 Å². The normalized spacial score (nSPS) is 12.3. The minimum Gasteiger partial charge on any atom is -0.507 e. The van der Waals surface area contributed by atoms with E-state index < -0.39 is 0 Å². The molecule has 0 aliphatic carbocycles. The van der Waals surface area contributed by atoms with Gasteiger partial charge in [0.2, 0.25) is 5.91 Å². The zero-order valence-electron chi connectivity index (χ0n) is 19.8. The first kappa shape index (κ1) is 24.5. The number of phenols is 1. The van der Waals surface area contributed by atoms with Crippen LogP contribution in [0.5, 0.6) is 5.75 Å². The van der Waals surface area contributed by atoms with E-state index >= 15 is 0 Å². The molecular formula is C27H36N2O2. The lowest BCUT2D eigenvalue weighted by Crippen LogP contribution is -2.20. The van der Waals surface area contributed by atoms with E-state index in [1.54, 1.807) is 12.1 Å². The number of hydrogen-bond acceptors (Lipinski definition) is 3. The fourth-order valence-corrected chi connectivity index (χ4v) is 4.05. The zero-order chi connectivity index (χ0) is 23.2. The van der Waals surface area contributed by atoms with Crippen LogP contribution in [0, 0.1) is 25.2 Å². The minimum atomic E-state index is -0.150. The van der Waals surface area contributed by atoms with E-state index in [4.69, 9.17) is 0 Å². The number of rotatable bonds is 8. The van der Waals surface area contributed by atoms with Crippen LogP contribution in [0.4, 0.5) is 5.69 Å². The van der Waals surface area contributed by atoms with Gasteiger partial charge in [0.05, 0.1) is 11.6 Å². The molecule has 1 amide bonds. The van der Waals surface area contributed by atoms with Crippen molar-refractivity contribution < 1.29 is 9.90 Å². The highest BCUT2D eigenvalue weighted by molar-refractivity contribution is 5.92. The van der Waals surface area contributed by atoms with Gasteiger partial charge in [-0.15, -0.1) is 0 Å². The van der Waals surface area contributed by atoms with Crippen molar-refractivity contribution in [2.75, 3.05) is 5.32 Å². The highest BCUT2D eigenvalue weighted by Gasteiger charge is 2.22. The van der Waals surface area contributed by atoms with Crippen LogP contribution in [-0.2, 0) is 10.2 Å². The zero-order valence-corrected chi connectivity index (χ0v) is 19.8. The number of amides is 1. The number of anilines is 1. The van der Waals surface area contributed by atoms with Crippen LogP contribution in [0.15, 0.2) is 30.3 Å². The lowest BCUT2D eigenvalue weighted by molar-refractivity contribution is -0.116. The van der Waals surface area contributed by atoms with Crippen LogP contribution < -0.4 is 5.32 Å². The lowest BCUT2D eigenvalue weighted by atomic mass is 9.85. The van der Waals surface area contributed by atoms with Crippen LogP contribution in [0.3, 0.4) is 0 Å². The van der Waals surface area contributed by atoms with Crippen molar-refractivity contribution in [1.82, 2.24) is 0 Å². The minimum absolute atomic E-state index is 0.0505. The average molecular weight is 421 g/mol. The Balaban J connectivity index is 2.30. The van der Waals surface area contributed by atoms with Crippen molar-refractivity contribution in [1.29, 1.82) is 5.26 Å². The van der Waals surface area contributed by atoms with Gasteiger partial charge >= 0.3 is 0 Å². The molecule has 0 aliphatic rings. The average Bonchev–Trinajstić information content (AvgIpc) is 2.70. The molecule has 2 rings (SSSR count). The van der Waals surface area contributed by atoms with E-state index in [-0.39, 0.29) is 17.2 Å². The van der Waals surface area contributed by atoms with Gasteiger partial charge in [0.1, 0.15) is 5.75 Å². The van der Waals surface area contributed by atoms with Gasteiger partial charge in [0, 0.05) is 12.1 Å². The summed E-state index contributed by atoms with van der Waals surface area (Å²) in [6.07, 6.45) is 4.61. The molecule has 31 heavy (non-hydrogen) atoms. The third kappa shape index (κ3) is 6.59. The Kier molecular flexibility index (Phi) is 8.28. The van der Waals surface area contributed by atoms with E-state index in [9.17, 15) is 15.2 Å². The second-order valence-electron chi connectivity index (χ2n) is 9.57. The molecule has 4 nitrogen and oxygen atoms in total. The van der Waals surface area contributed by atoms with E-state index in [1.165, 1.54) is 0 Å². The van der Waals surface area contributed by atoms with Gasteiger partial charge in [-0.1, -0.05) is 65.2 Å². The number of unbranched alkanes of at least 4 members (excludes halogenated alkanes) is 2. The molecule has 0 fully saturated rings. The summed E-state index contributed by atoms with van der Waals surface area (Å²) in [7, 11) is 0. The summed E-state index contributed by atoms with van der Waals surface area (Å²) in [5, 5.41) is 22.5. The summed E-state index contributed by atoms with van der Waals surface area (Å²) in [4.78, 5) is 13.1. The Morgan fingerprint density at radius 3 is 2.32 bits per heavy atom. The standard InChI is InChI=1S/C27H36N2O2/c1-7-8-9-10-21(22-13-18(2)26(31)19(3)14-22)16-25(30)29-24-15-20(17-28)11-12-23(24)27(4,5)6/h11-15,21,31H,7-10,16H2,1-6H3,(H,29,30). The van der Waals surface area contributed by atoms with E-state index in [1.807, 2.05) is 32.0 Å². The van der Waals surface area contributed by atoms with Crippen LogP contribution in [-0.4, -0.2) is 11.0 Å². The lowest BCUT2D eigenvalue weighted by Gasteiger charge is -2.24. The maximum Gasteiger partial charge on any atom is 0.224 e. The number of benzene rings is 2. The maximum absolute atomic E-state index is 13.1. The first-order chi connectivity index (χ1) is 14.6. The Morgan fingerprint density at radius 1 is 1.13 bits per heavy atom. The van der Waals surface area contributed by atoms with Gasteiger partial charge < -0.3 is 10.4 Å². The van der Waals surface area contributed by atoms with Gasteiger partial charge in [-0.2, -0.15) is 5.26 Å². The highest BCUT2D eigenvalue weighted by Crippen LogP contribution is 2.34. The summed E-state index contributed by atoms with van der Waals surface area (Å²) in [5.41, 5.74) is 4.89. The number of nitriles is 1. The fraction of sp³-hybridized carbons (Fsp3) is 0.481. The predicted octanol–water partition coefficient (Wildman–Crippen LogP) is 6.87. The van der Waals surface area contributed by atoms with Gasteiger partial charge in [-0.3, -0.25) is 4.79 Å². The van der Waals surface area contributed by atoms with E-state index in [0.29, 0.717) is 23.4 Å². The summed E-state index contributed by atoms with van der Waals surface area (Å²) in [6, 6.07) is 11.7. The molecule has 0 aromatic heterocycles. The largest absolute Gasteiger partial charge is 0.507 e. The SMILES string of the molecule is CCCCCC(CC(=O)Nc1cc(C#N)ccc1C(C)(C)C)c1cc(C)c(O)c(C)c1. The highest BCUT2D eigenvalue weighted by atomic mass is 16.3. The van der Waals surface area contributed by atoms with Crippen molar-refractivity contribution in [3.8, 4) is 11.8 Å². The Hall–Kier alpha value is -2.80. The van der Waals surface area contributed by atoms with Crippen LogP contribution >= 0.6 is 0 Å². The Bertz CT molecular complexity index is 941. The quantitative estimate of drug-likeness (QED) is 0.458. The van der Waals surface area contributed by atoms with Crippen molar-refractivity contribution in [2.45, 2.75) is 85.0 Å². The van der Waals surface area contributed by atoms with Crippen molar-refractivity contribution in [3.63, 3.8) is 0 Å². The number of nitrogens with one attached hydrogen (secondary N) is 1. The van der Waals surface area contributed by atoms with Gasteiger partial charge in [0.25, 0.3) is 0 Å². The summed E-state index contributed by atoms with van der Waals surface area (Å²) < 4.78 is 0. The van der Waals surface area contributed by atoms with E-state index in [2.05, 4.69) is 39.1 Å². The molecular weight excluding hydrogens is 384 g/mol. The Morgan fingerprint density at radius 2 is 1.77 bits per heavy atom. The topological polar surface area (TPSA) is 73.1 Å². The third-order valence-electron chi connectivity index (χ3n) is 5.80. The molecule has 2 N–H and O–H groups in total. The third-order valence-corrected chi connectivity index (χ3v) is 5.80. The molecule has 4 heteroatoms. The number of carbonyl (C=O) groups is 1. The molecule has 0 spiro atoms. The van der Waals surface area contributed by atoms with Crippen LogP contribution in [0.1, 0.15) is 93.5 Å². The molecule has 2 aromatic carbocycles. The van der Waals surface area contributed by atoms with Crippen LogP contribution in [0.2, 0.25) is 0 Å². The van der Waals surface area contributed by atoms with Crippen molar-refractivity contribution in [3.05, 3.63) is 58.1 Å². The molecule has 2 aromatic rings. The van der Waals surface area contributed by atoms with E-state index in [0.717, 1.165) is 47.9 Å². The molecule has 1 atom stereocenters. The molecule has 0 saturated carbocycles. The first-order valence-corrected chi connectivity index (χ1v) is 11.2. The second-order valence-corrected chi connectivity index (χ2v) is 9.57. The fourth-order valence-electron chi connectivity index (χ4n) is 4.05. The summed E-state index contributed by atoms with van der Waals surface area (Å²) in [5.74, 6) is 0.357. The first-order valence-electron chi connectivity index (χ1n) is 11.2. The molecule has 166 valence electrons. The monoisotopic (exact) mass is 420 g/mol. The van der Waals surface area contributed by atoms with Crippen LogP contribution in [0.25, 0.3) is 0 Å². The van der Waals surface area contributed by atoms with Gasteiger partial charge in [-0.05, 0) is 66.0 Å². The number of phenolic OH excluding ortho intramolecular Hbond substituents is 1. The van der Waals surface area contributed by atoms with Crippen molar-refractivity contribution >= 4 is 11.6 Å².